The van der Waals surface area contributed by atoms with Crippen LogP contribution in [0, 0.1) is 0 Å². The normalized spacial score (nSPS) is 34.8. The van der Waals surface area contributed by atoms with Crippen molar-refractivity contribution in [3.63, 3.8) is 0 Å². The molecule has 3 rings (SSSR count). The van der Waals surface area contributed by atoms with Gasteiger partial charge < -0.3 is 9.64 Å². The van der Waals surface area contributed by atoms with E-state index in [1.165, 1.54) is 0 Å². The number of ether oxygens (including phenoxy) is 1. The first kappa shape index (κ1) is 13.9. The van der Waals surface area contributed by atoms with Gasteiger partial charge in [-0.2, -0.15) is 0 Å². The third-order valence-corrected chi connectivity index (χ3v) is 5.02. The molecular formula is C15H24N2O3. The number of hydrogen-bond donors (Lipinski definition) is 0. The van der Waals surface area contributed by atoms with Gasteiger partial charge in [0.05, 0.1) is 6.61 Å². The lowest BCUT2D eigenvalue weighted by Crippen LogP contribution is -2.52. The molecule has 5 nitrogen and oxygen atoms in total. The number of cyclic esters (lactones) is 1. The van der Waals surface area contributed by atoms with Crippen LogP contribution in [-0.2, 0) is 14.3 Å². The number of carbonyl (C=O) groups excluding carboxylic acids is 2. The van der Waals surface area contributed by atoms with Crippen LogP contribution in [0.15, 0.2) is 0 Å². The van der Waals surface area contributed by atoms with E-state index in [0.717, 1.165) is 45.2 Å². The molecule has 0 unspecified atom stereocenters. The highest BCUT2D eigenvalue weighted by atomic mass is 16.5. The monoisotopic (exact) mass is 280 g/mol. The zero-order chi connectivity index (χ0) is 14.1. The summed E-state index contributed by atoms with van der Waals surface area (Å²) in [7, 11) is 0. The van der Waals surface area contributed by atoms with Crippen molar-refractivity contribution in [1.82, 2.24) is 9.80 Å². The van der Waals surface area contributed by atoms with Crippen LogP contribution in [-0.4, -0.2) is 59.5 Å². The first-order chi connectivity index (χ1) is 9.72. The molecular weight excluding hydrogens is 256 g/mol. The van der Waals surface area contributed by atoms with E-state index in [0.29, 0.717) is 25.1 Å². The summed E-state index contributed by atoms with van der Waals surface area (Å²) in [4.78, 5) is 28.3. The van der Waals surface area contributed by atoms with Crippen LogP contribution in [0.1, 0.15) is 45.4 Å². The molecule has 0 N–H and O–H groups in total. The van der Waals surface area contributed by atoms with Crippen molar-refractivity contribution in [3.05, 3.63) is 0 Å². The smallest absolute Gasteiger partial charge is 0.323 e. The molecule has 0 aliphatic carbocycles. The lowest BCUT2D eigenvalue weighted by atomic mass is 10.0. The Balaban J connectivity index is 1.74. The van der Waals surface area contributed by atoms with Gasteiger partial charge in [-0.1, -0.05) is 6.92 Å². The fourth-order valence-corrected chi connectivity index (χ4v) is 4.11. The molecule has 3 saturated heterocycles. The molecule has 20 heavy (non-hydrogen) atoms. The van der Waals surface area contributed by atoms with Crippen LogP contribution in [0.5, 0.6) is 0 Å². The summed E-state index contributed by atoms with van der Waals surface area (Å²) < 4.78 is 5.12. The van der Waals surface area contributed by atoms with Crippen molar-refractivity contribution in [2.24, 2.45) is 0 Å². The topological polar surface area (TPSA) is 49.9 Å². The Hall–Kier alpha value is -1.10. The summed E-state index contributed by atoms with van der Waals surface area (Å²) in [6.45, 7) is 4.33. The van der Waals surface area contributed by atoms with Crippen LogP contribution >= 0.6 is 0 Å². The van der Waals surface area contributed by atoms with Crippen LogP contribution in [0.4, 0.5) is 0 Å². The summed E-state index contributed by atoms with van der Waals surface area (Å²) in [5.74, 6) is 0.191. The highest BCUT2D eigenvalue weighted by Crippen LogP contribution is 2.33. The summed E-state index contributed by atoms with van der Waals surface area (Å²) >= 11 is 0. The van der Waals surface area contributed by atoms with E-state index in [9.17, 15) is 9.59 Å². The summed E-state index contributed by atoms with van der Waals surface area (Å²) in [5.41, 5.74) is 0. The maximum absolute atomic E-state index is 12.1. The van der Waals surface area contributed by atoms with Crippen molar-refractivity contribution in [3.8, 4) is 0 Å². The molecule has 3 aliphatic heterocycles. The second kappa shape index (κ2) is 5.72. The molecule has 0 aromatic carbocycles. The number of amides is 1. The van der Waals surface area contributed by atoms with Gasteiger partial charge in [0.2, 0.25) is 5.91 Å². The molecule has 3 heterocycles. The largest absolute Gasteiger partial charge is 0.464 e. The Morgan fingerprint density at radius 1 is 1.20 bits per heavy atom. The van der Waals surface area contributed by atoms with Crippen LogP contribution < -0.4 is 0 Å². The number of rotatable bonds is 3. The molecule has 3 aliphatic rings. The van der Waals surface area contributed by atoms with Gasteiger partial charge in [-0.15, -0.1) is 0 Å². The molecule has 0 aromatic rings. The maximum atomic E-state index is 12.1. The quantitative estimate of drug-likeness (QED) is 0.728. The summed E-state index contributed by atoms with van der Waals surface area (Å²) in [6.07, 6.45) is 5.78. The van der Waals surface area contributed by atoms with Crippen LogP contribution in [0.25, 0.3) is 0 Å². The number of nitrogens with zero attached hydrogens (tertiary/aromatic N) is 2. The predicted molar refractivity (Wildman–Crippen MR) is 74.1 cm³/mol. The number of carbonyl (C=O) groups is 2. The van der Waals surface area contributed by atoms with E-state index in [2.05, 4.69) is 9.80 Å². The Bertz CT molecular complexity index is 399. The number of esters is 1. The Morgan fingerprint density at radius 3 is 2.65 bits per heavy atom. The maximum Gasteiger partial charge on any atom is 0.323 e. The third-order valence-electron chi connectivity index (χ3n) is 5.02. The second-order valence-electron chi connectivity index (χ2n) is 6.07. The second-order valence-corrected chi connectivity index (χ2v) is 6.07. The Kier molecular flexibility index (Phi) is 3.96. The van der Waals surface area contributed by atoms with Gasteiger partial charge in [0.1, 0.15) is 6.04 Å². The number of likely N-dealkylation sites (tertiary alicyclic amines) is 2. The first-order valence-corrected chi connectivity index (χ1v) is 7.94. The molecule has 0 saturated carbocycles. The number of hydrogen-bond acceptors (Lipinski definition) is 4. The standard InChI is InChI=1S/C15H24N2O3/c1-2-14(18)17-9-4-6-12(17)11-5-3-8-16(11)13-7-10-20-15(13)19/h11-13H,2-10H2,1H3/t11-,12+,13-/m0/s1. The van der Waals surface area contributed by atoms with Gasteiger partial charge >= 0.3 is 5.97 Å². The molecule has 0 bridgehead atoms. The minimum Gasteiger partial charge on any atom is -0.464 e. The van der Waals surface area contributed by atoms with Gasteiger partial charge in [0.25, 0.3) is 0 Å². The average Bonchev–Trinajstić information content (AvgIpc) is 3.15. The molecule has 1 amide bonds. The molecule has 0 spiro atoms. The highest BCUT2D eigenvalue weighted by molar-refractivity contribution is 5.78. The SMILES string of the molecule is CCC(=O)N1CCC[C@@H]1[C@@H]1CCCN1[C@H]1CCOC1=O. The lowest BCUT2D eigenvalue weighted by Gasteiger charge is -2.36. The summed E-state index contributed by atoms with van der Waals surface area (Å²) in [6, 6.07) is 0.587. The molecule has 112 valence electrons. The van der Waals surface area contributed by atoms with Gasteiger partial charge in [-0.3, -0.25) is 14.5 Å². The average molecular weight is 280 g/mol. The van der Waals surface area contributed by atoms with Gasteiger partial charge in [-0.25, -0.2) is 0 Å². The van der Waals surface area contributed by atoms with E-state index in [1.54, 1.807) is 0 Å². The first-order valence-electron chi connectivity index (χ1n) is 7.94. The van der Waals surface area contributed by atoms with Crippen molar-refractivity contribution in [2.45, 2.75) is 63.6 Å². The van der Waals surface area contributed by atoms with E-state index in [-0.39, 0.29) is 17.9 Å². The van der Waals surface area contributed by atoms with Crippen molar-refractivity contribution in [2.75, 3.05) is 19.7 Å². The van der Waals surface area contributed by atoms with Crippen LogP contribution in [0.2, 0.25) is 0 Å². The zero-order valence-electron chi connectivity index (χ0n) is 12.2. The molecule has 0 radical (unpaired) electrons. The predicted octanol–water partition coefficient (Wildman–Crippen LogP) is 1.17. The van der Waals surface area contributed by atoms with Crippen LogP contribution in [0.3, 0.4) is 0 Å². The van der Waals surface area contributed by atoms with E-state index >= 15 is 0 Å². The molecule has 5 heteroatoms. The molecule has 3 atom stereocenters. The fourth-order valence-electron chi connectivity index (χ4n) is 4.11. The van der Waals surface area contributed by atoms with Crippen molar-refractivity contribution in [1.29, 1.82) is 0 Å². The van der Waals surface area contributed by atoms with Gasteiger partial charge in [0, 0.05) is 31.5 Å². The Morgan fingerprint density at radius 2 is 1.95 bits per heavy atom. The van der Waals surface area contributed by atoms with Crippen molar-refractivity contribution >= 4 is 11.9 Å². The molecule has 3 fully saturated rings. The van der Waals surface area contributed by atoms with E-state index in [4.69, 9.17) is 4.74 Å². The third kappa shape index (κ3) is 2.32. The Labute approximate surface area is 120 Å². The molecule has 0 aromatic heterocycles. The van der Waals surface area contributed by atoms with Crippen molar-refractivity contribution < 1.29 is 14.3 Å². The summed E-state index contributed by atoms with van der Waals surface area (Å²) in [5, 5.41) is 0. The minimum atomic E-state index is -0.0679. The van der Waals surface area contributed by atoms with Gasteiger partial charge in [-0.05, 0) is 32.2 Å². The van der Waals surface area contributed by atoms with E-state index < -0.39 is 0 Å². The highest BCUT2D eigenvalue weighted by Gasteiger charge is 2.44. The lowest BCUT2D eigenvalue weighted by molar-refractivity contribution is -0.143. The minimum absolute atomic E-state index is 0.0664. The fraction of sp³-hybridized carbons (Fsp3) is 0.867. The van der Waals surface area contributed by atoms with Gasteiger partial charge in [0.15, 0.2) is 0 Å². The zero-order valence-corrected chi connectivity index (χ0v) is 12.2. The van der Waals surface area contributed by atoms with E-state index in [1.807, 2.05) is 6.92 Å².